The lowest BCUT2D eigenvalue weighted by molar-refractivity contribution is -0.129. The van der Waals surface area contributed by atoms with Crippen LogP contribution < -0.4 is 10.6 Å². The summed E-state index contributed by atoms with van der Waals surface area (Å²) in [7, 11) is 0. The minimum absolute atomic E-state index is 0.0324. The van der Waals surface area contributed by atoms with Crippen LogP contribution in [-0.4, -0.2) is 52.5 Å². The monoisotopic (exact) mass is 347 g/mol. The molecule has 3 heterocycles. The molecule has 2 saturated heterocycles. The average molecular weight is 347 g/mol. The van der Waals surface area contributed by atoms with Gasteiger partial charge in [-0.05, 0) is 51.5 Å². The normalized spacial score (nSPS) is 27.8. The van der Waals surface area contributed by atoms with E-state index in [-0.39, 0.29) is 24.4 Å². The number of nitrogens with zero attached hydrogens (tertiary/aromatic N) is 3. The second kappa shape index (κ2) is 7.11. The van der Waals surface area contributed by atoms with Gasteiger partial charge in [-0.2, -0.15) is 4.98 Å². The first kappa shape index (κ1) is 16.5. The maximum Gasteiger partial charge on any atom is 0.242 e. The van der Waals surface area contributed by atoms with E-state index in [9.17, 15) is 9.59 Å². The van der Waals surface area contributed by atoms with Gasteiger partial charge in [0.2, 0.25) is 17.7 Å². The molecule has 3 aliphatic rings. The number of carbonyl (C=O) groups is 2. The summed E-state index contributed by atoms with van der Waals surface area (Å²) in [6.07, 6.45) is 6.81. The fourth-order valence-electron chi connectivity index (χ4n) is 3.69. The summed E-state index contributed by atoms with van der Waals surface area (Å²) in [5, 5.41) is 9.87. The van der Waals surface area contributed by atoms with Gasteiger partial charge in [-0.25, -0.2) is 0 Å². The maximum atomic E-state index is 12.4. The van der Waals surface area contributed by atoms with Gasteiger partial charge in [0.1, 0.15) is 6.04 Å². The summed E-state index contributed by atoms with van der Waals surface area (Å²) in [4.78, 5) is 31.0. The van der Waals surface area contributed by atoms with E-state index in [2.05, 4.69) is 25.7 Å². The third kappa shape index (κ3) is 3.84. The van der Waals surface area contributed by atoms with Gasteiger partial charge in [-0.1, -0.05) is 5.16 Å². The zero-order chi connectivity index (χ0) is 17.2. The number of hydrogen-bond acceptors (Lipinski definition) is 6. The molecule has 8 heteroatoms. The van der Waals surface area contributed by atoms with Crippen molar-refractivity contribution in [2.75, 3.05) is 19.6 Å². The topological polar surface area (TPSA) is 100 Å². The van der Waals surface area contributed by atoms with Crippen molar-refractivity contribution in [2.45, 2.75) is 62.9 Å². The van der Waals surface area contributed by atoms with Crippen molar-refractivity contribution in [3.63, 3.8) is 0 Å². The van der Waals surface area contributed by atoms with Crippen LogP contribution in [0.5, 0.6) is 0 Å². The summed E-state index contributed by atoms with van der Waals surface area (Å²) >= 11 is 0. The molecule has 2 atom stereocenters. The summed E-state index contributed by atoms with van der Waals surface area (Å²) in [6.45, 7) is 1.80. The number of likely N-dealkylation sites (tertiary alicyclic amines) is 1. The van der Waals surface area contributed by atoms with Gasteiger partial charge in [0.05, 0.1) is 12.6 Å². The van der Waals surface area contributed by atoms with E-state index in [1.807, 2.05) is 0 Å². The molecule has 0 spiro atoms. The van der Waals surface area contributed by atoms with Crippen LogP contribution in [-0.2, 0) is 9.59 Å². The zero-order valence-corrected chi connectivity index (χ0v) is 14.4. The Morgan fingerprint density at radius 2 is 2.12 bits per heavy atom. The van der Waals surface area contributed by atoms with Crippen molar-refractivity contribution >= 4 is 11.8 Å². The lowest BCUT2D eigenvalue weighted by Gasteiger charge is -2.22. The highest BCUT2D eigenvalue weighted by atomic mass is 16.5. The SMILES string of the molecule is O=C(CN1CCC[C@H]1c1noc(C2CC2)n1)N[C@H]1CCCCNC1=O. The first-order valence-corrected chi connectivity index (χ1v) is 9.35. The van der Waals surface area contributed by atoms with Crippen LogP contribution in [0, 0.1) is 0 Å². The number of carbonyl (C=O) groups excluding carboxylic acids is 2. The second-order valence-corrected chi connectivity index (χ2v) is 7.30. The Balaban J connectivity index is 1.35. The highest BCUT2D eigenvalue weighted by Crippen LogP contribution is 2.40. The minimum atomic E-state index is -0.414. The Labute approximate surface area is 146 Å². The van der Waals surface area contributed by atoms with Gasteiger partial charge >= 0.3 is 0 Å². The summed E-state index contributed by atoms with van der Waals surface area (Å²) in [5.41, 5.74) is 0. The number of hydrogen-bond donors (Lipinski definition) is 2. The molecule has 2 N–H and O–H groups in total. The van der Waals surface area contributed by atoms with Gasteiger partial charge in [-0.15, -0.1) is 0 Å². The first-order valence-electron chi connectivity index (χ1n) is 9.35. The molecule has 0 aromatic carbocycles. The molecule has 0 bridgehead atoms. The van der Waals surface area contributed by atoms with Gasteiger partial charge in [-0.3, -0.25) is 14.5 Å². The van der Waals surface area contributed by atoms with Crippen LogP contribution in [0.4, 0.5) is 0 Å². The molecule has 136 valence electrons. The van der Waals surface area contributed by atoms with E-state index in [1.54, 1.807) is 0 Å². The Hall–Kier alpha value is -1.96. The number of aromatic nitrogens is 2. The standard InChI is InChI=1S/C17H25N5O3/c23-14(19-12-4-1-2-8-18-16(12)24)10-22-9-3-5-13(22)15-20-17(25-21-15)11-6-7-11/h11-13H,1-10H2,(H,18,24)(H,19,23)/t12-,13-/m0/s1. The molecule has 1 saturated carbocycles. The van der Waals surface area contributed by atoms with Crippen molar-refractivity contribution in [3.8, 4) is 0 Å². The molecule has 8 nitrogen and oxygen atoms in total. The molecule has 0 unspecified atom stereocenters. The Bertz CT molecular complexity index is 642. The van der Waals surface area contributed by atoms with Crippen LogP contribution in [0.1, 0.15) is 68.6 Å². The third-order valence-electron chi connectivity index (χ3n) is 5.26. The van der Waals surface area contributed by atoms with Crippen LogP contribution in [0.25, 0.3) is 0 Å². The second-order valence-electron chi connectivity index (χ2n) is 7.30. The van der Waals surface area contributed by atoms with Crippen LogP contribution in [0.15, 0.2) is 4.52 Å². The Morgan fingerprint density at radius 1 is 1.24 bits per heavy atom. The van der Waals surface area contributed by atoms with Crippen molar-refractivity contribution in [3.05, 3.63) is 11.7 Å². The van der Waals surface area contributed by atoms with Gasteiger partial charge < -0.3 is 15.2 Å². The van der Waals surface area contributed by atoms with Gasteiger partial charge in [0.15, 0.2) is 5.82 Å². The number of amides is 2. The molecular weight excluding hydrogens is 322 g/mol. The van der Waals surface area contributed by atoms with Gasteiger partial charge in [0.25, 0.3) is 0 Å². The molecular formula is C17H25N5O3. The van der Waals surface area contributed by atoms with E-state index in [4.69, 9.17) is 4.52 Å². The maximum absolute atomic E-state index is 12.4. The van der Waals surface area contributed by atoms with Crippen molar-refractivity contribution in [1.29, 1.82) is 0 Å². The smallest absolute Gasteiger partial charge is 0.242 e. The molecule has 4 rings (SSSR count). The van der Waals surface area contributed by atoms with Crippen molar-refractivity contribution in [2.24, 2.45) is 0 Å². The predicted molar refractivity (Wildman–Crippen MR) is 88.6 cm³/mol. The lowest BCUT2D eigenvalue weighted by atomic mass is 10.1. The van der Waals surface area contributed by atoms with E-state index < -0.39 is 6.04 Å². The van der Waals surface area contributed by atoms with E-state index >= 15 is 0 Å². The molecule has 2 amide bonds. The van der Waals surface area contributed by atoms with Crippen molar-refractivity contribution < 1.29 is 14.1 Å². The molecule has 25 heavy (non-hydrogen) atoms. The van der Waals surface area contributed by atoms with Crippen molar-refractivity contribution in [1.82, 2.24) is 25.7 Å². The zero-order valence-electron chi connectivity index (χ0n) is 14.4. The summed E-state index contributed by atoms with van der Waals surface area (Å²) < 4.78 is 5.36. The van der Waals surface area contributed by atoms with Crippen LogP contribution in [0.2, 0.25) is 0 Å². The van der Waals surface area contributed by atoms with Gasteiger partial charge in [0, 0.05) is 12.5 Å². The molecule has 0 radical (unpaired) electrons. The van der Waals surface area contributed by atoms with Crippen LogP contribution >= 0.6 is 0 Å². The molecule has 1 aromatic rings. The quantitative estimate of drug-likeness (QED) is 0.820. The fraction of sp³-hybridized carbons (Fsp3) is 0.765. The highest BCUT2D eigenvalue weighted by Gasteiger charge is 2.35. The lowest BCUT2D eigenvalue weighted by Crippen LogP contribution is -2.48. The average Bonchev–Trinajstić information content (AvgIpc) is 3.21. The third-order valence-corrected chi connectivity index (χ3v) is 5.26. The minimum Gasteiger partial charge on any atom is -0.354 e. The van der Waals surface area contributed by atoms with E-state index in [0.29, 0.717) is 24.7 Å². The van der Waals surface area contributed by atoms with E-state index in [1.165, 1.54) is 0 Å². The highest BCUT2D eigenvalue weighted by molar-refractivity contribution is 5.88. The Morgan fingerprint density at radius 3 is 2.96 bits per heavy atom. The van der Waals surface area contributed by atoms with E-state index in [0.717, 1.165) is 51.0 Å². The fourth-order valence-corrected chi connectivity index (χ4v) is 3.69. The predicted octanol–water partition coefficient (Wildman–Crippen LogP) is 0.869. The summed E-state index contributed by atoms with van der Waals surface area (Å²) in [5.74, 6) is 1.69. The number of rotatable bonds is 5. The Kier molecular flexibility index (Phi) is 4.70. The number of nitrogens with one attached hydrogen (secondary N) is 2. The molecule has 2 aliphatic heterocycles. The summed E-state index contributed by atoms with van der Waals surface area (Å²) in [6, 6.07) is -0.382. The molecule has 1 aliphatic carbocycles. The molecule has 3 fully saturated rings. The van der Waals surface area contributed by atoms with Crippen LogP contribution in [0.3, 0.4) is 0 Å². The molecule has 1 aromatic heterocycles. The first-order chi connectivity index (χ1) is 12.2. The largest absolute Gasteiger partial charge is 0.354 e.